The quantitative estimate of drug-likeness (QED) is 0.291. The van der Waals surface area contributed by atoms with Gasteiger partial charge >= 0.3 is 5.97 Å². The third kappa shape index (κ3) is 5.92. The number of carbonyl (C=O) groups is 1. The van der Waals surface area contributed by atoms with Crippen LogP contribution in [0.15, 0.2) is 18.2 Å². The lowest BCUT2D eigenvalue weighted by Gasteiger charge is -2.14. The monoisotopic (exact) mass is 314 g/mol. The van der Waals surface area contributed by atoms with E-state index in [0.29, 0.717) is 18.6 Å². The van der Waals surface area contributed by atoms with Crippen molar-refractivity contribution in [2.75, 3.05) is 0 Å². The summed E-state index contributed by atoms with van der Waals surface area (Å²) < 4.78 is 44.5. The summed E-state index contributed by atoms with van der Waals surface area (Å²) in [6.45, 7) is 4.01. The molecule has 0 aromatic heterocycles. The Kier molecular flexibility index (Phi) is 7.71. The first-order chi connectivity index (χ1) is 10.5. The third-order valence-corrected chi connectivity index (χ3v) is 3.31. The lowest BCUT2D eigenvalue weighted by atomic mass is 10.1. The van der Waals surface area contributed by atoms with Gasteiger partial charge < -0.3 is 4.74 Å². The van der Waals surface area contributed by atoms with Gasteiger partial charge in [-0.05, 0) is 31.4 Å². The van der Waals surface area contributed by atoms with Crippen LogP contribution in [0.1, 0.15) is 51.5 Å². The molecular formula is C17H21F3O2. The van der Waals surface area contributed by atoms with E-state index in [0.717, 1.165) is 37.8 Å². The summed E-state index contributed by atoms with van der Waals surface area (Å²) >= 11 is 0. The molecule has 1 atom stereocenters. The van der Waals surface area contributed by atoms with Crippen LogP contribution in [0.4, 0.5) is 13.2 Å². The number of hydrogen-bond acceptors (Lipinski definition) is 2. The maximum Gasteiger partial charge on any atom is 0.331 e. The highest BCUT2D eigenvalue weighted by Gasteiger charge is 2.11. The van der Waals surface area contributed by atoms with Gasteiger partial charge in [0, 0.05) is 17.7 Å². The zero-order valence-electron chi connectivity index (χ0n) is 12.9. The molecule has 1 aromatic rings. The average molecular weight is 314 g/mol. The second-order valence-corrected chi connectivity index (χ2v) is 5.08. The van der Waals surface area contributed by atoms with Crippen molar-refractivity contribution in [3.05, 3.63) is 41.2 Å². The van der Waals surface area contributed by atoms with E-state index in [4.69, 9.17) is 4.74 Å². The summed E-state index contributed by atoms with van der Waals surface area (Å²) in [5, 5.41) is 0. The Bertz CT molecular complexity index is 527. The van der Waals surface area contributed by atoms with Gasteiger partial charge in [0.1, 0.15) is 11.9 Å². The number of unbranched alkanes of at least 4 members (excludes halogenated alkanes) is 2. The fourth-order valence-corrected chi connectivity index (χ4v) is 2.00. The molecule has 0 aliphatic heterocycles. The predicted octanol–water partition coefficient (Wildman–Crippen LogP) is 5.02. The lowest BCUT2D eigenvalue weighted by molar-refractivity contribution is -0.143. The van der Waals surface area contributed by atoms with Crippen LogP contribution >= 0.6 is 0 Å². The topological polar surface area (TPSA) is 26.3 Å². The highest BCUT2D eigenvalue weighted by atomic mass is 19.2. The summed E-state index contributed by atoms with van der Waals surface area (Å²) in [5.41, 5.74) is -0.199. The van der Waals surface area contributed by atoms with E-state index in [2.05, 4.69) is 6.92 Å². The fourth-order valence-electron chi connectivity index (χ4n) is 2.00. The summed E-state index contributed by atoms with van der Waals surface area (Å²) in [7, 11) is 0. The van der Waals surface area contributed by atoms with Gasteiger partial charge in [0.25, 0.3) is 0 Å². The molecule has 2 nitrogen and oxygen atoms in total. The van der Waals surface area contributed by atoms with Crippen molar-refractivity contribution < 1.29 is 22.7 Å². The van der Waals surface area contributed by atoms with Gasteiger partial charge in [-0.2, -0.15) is 0 Å². The van der Waals surface area contributed by atoms with Crippen LogP contribution in [0.3, 0.4) is 0 Å². The van der Waals surface area contributed by atoms with Crippen LogP contribution in [0.25, 0.3) is 6.08 Å². The van der Waals surface area contributed by atoms with Crippen LogP contribution < -0.4 is 0 Å². The van der Waals surface area contributed by atoms with Crippen LogP contribution in [0.5, 0.6) is 0 Å². The normalized spacial score (nSPS) is 12.6. The average Bonchev–Trinajstić information content (AvgIpc) is 2.48. The molecule has 0 amide bonds. The van der Waals surface area contributed by atoms with Gasteiger partial charge in [-0.25, -0.2) is 18.0 Å². The Balaban J connectivity index is 2.61. The Morgan fingerprint density at radius 1 is 1.14 bits per heavy atom. The van der Waals surface area contributed by atoms with E-state index in [1.54, 1.807) is 0 Å². The molecule has 0 aliphatic rings. The molecule has 0 aliphatic carbocycles. The predicted molar refractivity (Wildman–Crippen MR) is 79.7 cm³/mol. The lowest BCUT2D eigenvalue weighted by Crippen LogP contribution is -2.15. The van der Waals surface area contributed by atoms with Crippen molar-refractivity contribution in [2.24, 2.45) is 0 Å². The summed E-state index contributed by atoms with van der Waals surface area (Å²) in [6, 6.07) is 1.15. The smallest absolute Gasteiger partial charge is 0.331 e. The molecule has 122 valence electrons. The van der Waals surface area contributed by atoms with E-state index < -0.39 is 23.4 Å². The molecule has 0 saturated carbocycles. The van der Waals surface area contributed by atoms with Crippen LogP contribution in [-0.2, 0) is 9.53 Å². The zero-order valence-corrected chi connectivity index (χ0v) is 12.9. The minimum absolute atomic E-state index is 0.182. The number of rotatable bonds is 8. The van der Waals surface area contributed by atoms with Crippen LogP contribution in [0.2, 0.25) is 0 Å². The van der Waals surface area contributed by atoms with Crippen molar-refractivity contribution in [1.82, 2.24) is 0 Å². The summed E-state index contributed by atoms with van der Waals surface area (Å²) in [5.74, 6) is -3.98. The Morgan fingerprint density at radius 2 is 1.82 bits per heavy atom. The largest absolute Gasteiger partial charge is 0.459 e. The minimum Gasteiger partial charge on any atom is -0.459 e. The molecule has 0 N–H and O–H groups in total. The molecular weight excluding hydrogens is 293 g/mol. The highest BCUT2D eigenvalue weighted by molar-refractivity contribution is 5.87. The standard InChI is InChI=1S/C17H21F3O2/c1-3-5-6-7-13(4-2)22-17(21)9-8-12-10-15(19)16(20)11-14(12)18/h8-11,13H,3-7H2,1-2H3. The van der Waals surface area contributed by atoms with Crippen molar-refractivity contribution in [3.8, 4) is 0 Å². The first-order valence-electron chi connectivity index (χ1n) is 7.51. The molecule has 0 saturated heterocycles. The van der Waals surface area contributed by atoms with Crippen molar-refractivity contribution >= 4 is 12.0 Å². The fraction of sp³-hybridized carbons (Fsp3) is 0.471. The van der Waals surface area contributed by atoms with E-state index in [9.17, 15) is 18.0 Å². The van der Waals surface area contributed by atoms with Crippen molar-refractivity contribution in [3.63, 3.8) is 0 Å². The second kappa shape index (κ2) is 9.28. The number of esters is 1. The van der Waals surface area contributed by atoms with Crippen LogP contribution in [-0.4, -0.2) is 12.1 Å². The number of hydrogen-bond donors (Lipinski definition) is 0. The Hall–Kier alpha value is -1.78. The van der Waals surface area contributed by atoms with E-state index >= 15 is 0 Å². The van der Waals surface area contributed by atoms with Crippen molar-refractivity contribution in [1.29, 1.82) is 0 Å². The highest BCUT2D eigenvalue weighted by Crippen LogP contribution is 2.16. The molecule has 0 bridgehead atoms. The number of carbonyl (C=O) groups excluding carboxylic acids is 1. The molecule has 0 heterocycles. The SMILES string of the molecule is CCCCCC(CC)OC(=O)C=Cc1cc(F)c(F)cc1F. The molecule has 22 heavy (non-hydrogen) atoms. The molecule has 0 spiro atoms. The van der Waals surface area contributed by atoms with Gasteiger partial charge in [-0.15, -0.1) is 0 Å². The first-order valence-corrected chi connectivity index (χ1v) is 7.51. The second-order valence-electron chi connectivity index (χ2n) is 5.08. The number of halogens is 3. The molecule has 1 rings (SSSR count). The van der Waals surface area contributed by atoms with Gasteiger partial charge in [-0.1, -0.05) is 26.7 Å². The minimum atomic E-state index is -1.26. The molecule has 1 unspecified atom stereocenters. The maximum atomic E-state index is 13.4. The van der Waals surface area contributed by atoms with Crippen molar-refractivity contribution in [2.45, 2.75) is 52.1 Å². The molecule has 1 aromatic carbocycles. The summed E-state index contributed by atoms with van der Waals surface area (Å²) in [4.78, 5) is 11.7. The third-order valence-electron chi connectivity index (χ3n) is 3.31. The Labute approximate surface area is 129 Å². The van der Waals surface area contributed by atoms with Gasteiger partial charge in [0.05, 0.1) is 0 Å². The van der Waals surface area contributed by atoms with Crippen LogP contribution in [0, 0.1) is 17.5 Å². The maximum absolute atomic E-state index is 13.4. The van der Waals surface area contributed by atoms with E-state index in [-0.39, 0.29) is 11.7 Å². The molecule has 0 fully saturated rings. The zero-order chi connectivity index (χ0) is 16.5. The summed E-state index contributed by atoms with van der Waals surface area (Å²) in [6.07, 6.45) is 6.54. The number of ether oxygens (including phenoxy) is 1. The van der Waals surface area contributed by atoms with E-state index in [1.165, 1.54) is 0 Å². The number of benzene rings is 1. The Morgan fingerprint density at radius 3 is 2.45 bits per heavy atom. The van der Waals surface area contributed by atoms with Gasteiger partial charge in [0.2, 0.25) is 0 Å². The first kappa shape index (κ1) is 18.3. The molecule has 5 heteroatoms. The van der Waals surface area contributed by atoms with Gasteiger partial charge in [-0.3, -0.25) is 0 Å². The molecule has 0 radical (unpaired) electrons. The van der Waals surface area contributed by atoms with Gasteiger partial charge in [0.15, 0.2) is 11.6 Å². The van der Waals surface area contributed by atoms with E-state index in [1.807, 2.05) is 6.92 Å².